The van der Waals surface area contributed by atoms with Gasteiger partial charge >= 0.3 is 101 Å². The maximum absolute atomic E-state index is 15.2. The van der Waals surface area contributed by atoms with Gasteiger partial charge in [-0.2, -0.15) is 0 Å². The Bertz CT molecular complexity index is 399. The van der Waals surface area contributed by atoms with Gasteiger partial charge in [0.2, 0.25) is 0 Å². The number of benzene rings is 2. The Kier molecular flexibility index (Phi) is 3.64. The zero-order valence-electron chi connectivity index (χ0n) is 9.36. The summed E-state index contributed by atoms with van der Waals surface area (Å²) < 4.78 is 17.7. The maximum atomic E-state index is 15.2. The molecule has 0 nitrogen and oxygen atoms in total. The average molecular weight is 321 g/mol. The van der Waals surface area contributed by atoms with Crippen molar-refractivity contribution in [2.75, 3.05) is 0 Å². The van der Waals surface area contributed by atoms with E-state index in [1.165, 1.54) is 0 Å². The van der Waals surface area contributed by atoms with Gasteiger partial charge in [0.25, 0.3) is 0 Å². The summed E-state index contributed by atoms with van der Waals surface area (Å²) in [5.74, 6) is 0. The minimum atomic E-state index is -3.80. The monoisotopic (exact) mass is 322 g/mol. The van der Waals surface area contributed by atoms with E-state index in [9.17, 15) is 0 Å². The fraction of sp³-hybridized carbons (Fsp3) is 0.143. The first-order valence-corrected chi connectivity index (χ1v) is 11.5. The molecule has 2 aromatic carbocycles. The summed E-state index contributed by atoms with van der Waals surface area (Å²) in [7, 11) is 0. The van der Waals surface area contributed by atoms with Crippen LogP contribution < -0.4 is 7.16 Å². The van der Waals surface area contributed by atoms with Gasteiger partial charge in [0.05, 0.1) is 0 Å². The molecule has 0 fully saturated rings. The van der Waals surface area contributed by atoms with E-state index in [2.05, 4.69) is 0 Å². The van der Waals surface area contributed by atoms with E-state index in [4.69, 9.17) is 0 Å². The molecule has 2 heteroatoms. The molecule has 0 saturated heterocycles. The van der Waals surface area contributed by atoms with Gasteiger partial charge in [-0.15, -0.1) is 0 Å². The molecule has 0 unspecified atom stereocenters. The van der Waals surface area contributed by atoms with E-state index < -0.39 is 18.9 Å². The van der Waals surface area contributed by atoms with Crippen molar-refractivity contribution in [3.05, 3.63) is 60.7 Å². The second-order valence-electron chi connectivity index (χ2n) is 3.89. The molecule has 0 heterocycles. The van der Waals surface area contributed by atoms with Crippen LogP contribution in [0.3, 0.4) is 0 Å². The molecule has 16 heavy (non-hydrogen) atoms. The third kappa shape index (κ3) is 2.14. The second-order valence-corrected chi connectivity index (χ2v) is 13.8. The summed E-state index contributed by atoms with van der Waals surface area (Å²) in [6, 6.07) is 19.3. The molecule has 2 aromatic rings. The third-order valence-electron chi connectivity index (χ3n) is 2.95. The van der Waals surface area contributed by atoms with Crippen molar-refractivity contribution < 1.29 is 2.87 Å². The average Bonchev–Trinajstić information content (AvgIpc) is 2.40. The quantitative estimate of drug-likeness (QED) is 0.763. The molecule has 0 aliphatic rings. The summed E-state index contributed by atoms with van der Waals surface area (Å²) in [5.41, 5.74) is 0. The topological polar surface area (TPSA) is 0 Å². The van der Waals surface area contributed by atoms with Gasteiger partial charge in [-0.3, -0.25) is 0 Å². The summed E-state index contributed by atoms with van der Waals surface area (Å²) in [6.07, 6.45) is 0. The molecule has 0 aromatic heterocycles. The Hall–Kier alpha value is -0.831. The summed E-state index contributed by atoms with van der Waals surface area (Å²) in [6.45, 7) is 1.97. The van der Waals surface area contributed by atoms with Crippen LogP contribution in [0.5, 0.6) is 0 Å². The van der Waals surface area contributed by atoms with Crippen LogP contribution in [0.4, 0.5) is 2.87 Å². The van der Waals surface area contributed by atoms with Crippen molar-refractivity contribution in [3.63, 3.8) is 0 Å². The standard InChI is InChI=1S/2C6H5.C2H5.FH.Sn/c2*1-2-4-6-5-3-1;1-2;;/h2*1-5H;1H2,2H3;1H;/q;;;;+1/p-1. The molecule has 0 bridgehead atoms. The molecular formula is C14H15FSn. The molecule has 0 aliphatic heterocycles. The van der Waals surface area contributed by atoms with E-state index in [1.807, 2.05) is 67.6 Å². The van der Waals surface area contributed by atoms with Gasteiger partial charge in [0.1, 0.15) is 0 Å². The van der Waals surface area contributed by atoms with Crippen LogP contribution in [-0.2, 0) is 0 Å². The normalized spacial score (nSPS) is 11.4. The first-order valence-electron chi connectivity index (χ1n) is 5.57. The zero-order valence-corrected chi connectivity index (χ0v) is 12.2. The fourth-order valence-electron chi connectivity index (χ4n) is 1.98. The van der Waals surface area contributed by atoms with Crippen LogP contribution in [0.2, 0.25) is 4.44 Å². The zero-order chi connectivity index (χ0) is 11.4. The Balaban J connectivity index is 2.49. The van der Waals surface area contributed by atoms with Crippen molar-refractivity contribution in [3.8, 4) is 0 Å². The summed E-state index contributed by atoms with van der Waals surface area (Å²) in [5, 5.41) is 0. The Labute approximate surface area is 101 Å². The SMILES string of the molecule is C[CH2][Sn]([F])([c]1ccccc1)[c]1ccccc1. The van der Waals surface area contributed by atoms with Crippen LogP contribution in [0.1, 0.15) is 6.92 Å². The summed E-state index contributed by atoms with van der Waals surface area (Å²) in [4.78, 5) is 0. The molecular weight excluding hydrogens is 306 g/mol. The number of hydrogen-bond acceptors (Lipinski definition) is 0. The Morgan fingerprint density at radius 3 is 1.50 bits per heavy atom. The molecule has 0 atom stereocenters. The van der Waals surface area contributed by atoms with Crippen molar-refractivity contribution in [1.29, 1.82) is 0 Å². The van der Waals surface area contributed by atoms with Crippen LogP contribution in [0, 0.1) is 0 Å². The Morgan fingerprint density at radius 2 is 1.19 bits per heavy atom. The molecule has 0 aliphatic carbocycles. The molecule has 0 spiro atoms. The van der Waals surface area contributed by atoms with Gasteiger partial charge in [-0.05, 0) is 0 Å². The second kappa shape index (κ2) is 5.00. The Morgan fingerprint density at radius 1 is 0.812 bits per heavy atom. The van der Waals surface area contributed by atoms with Crippen molar-refractivity contribution in [2.24, 2.45) is 0 Å². The van der Waals surface area contributed by atoms with E-state index in [0.717, 1.165) is 7.16 Å². The fourth-order valence-corrected chi connectivity index (χ4v) is 9.38. The van der Waals surface area contributed by atoms with Crippen molar-refractivity contribution in [2.45, 2.75) is 11.4 Å². The van der Waals surface area contributed by atoms with Crippen LogP contribution >= 0.6 is 0 Å². The molecule has 2 rings (SSSR count). The van der Waals surface area contributed by atoms with E-state index >= 15 is 2.87 Å². The first-order chi connectivity index (χ1) is 7.77. The first kappa shape index (κ1) is 11.6. The molecule has 0 radical (unpaired) electrons. The molecule has 0 saturated carbocycles. The number of rotatable bonds is 3. The van der Waals surface area contributed by atoms with Crippen molar-refractivity contribution >= 4 is 26.1 Å². The molecule has 0 amide bonds. The van der Waals surface area contributed by atoms with Crippen LogP contribution in [-0.4, -0.2) is 18.9 Å². The number of halogens is 1. The van der Waals surface area contributed by atoms with Gasteiger partial charge in [-0.25, -0.2) is 0 Å². The van der Waals surface area contributed by atoms with Crippen molar-refractivity contribution in [1.82, 2.24) is 0 Å². The van der Waals surface area contributed by atoms with Gasteiger partial charge in [0, 0.05) is 0 Å². The van der Waals surface area contributed by atoms with Gasteiger partial charge < -0.3 is 0 Å². The van der Waals surface area contributed by atoms with E-state index in [1.54, 1.807) is 0 Å². The third-order valence-corrected chi connectivity index (χ3v) is 12.9. The van der Waals surface area contributed by atoms with Crippen LogP contribution in [0.15, 0.2) is 60.7 Å². The minimum absolute atomic E-state index is 0.655. The van der Waals surface area contributed by atoms with Gasteiger partial charge in [0.15, 0.2) is 0 Å². The molecule has 0 N–H and O–H groups in total. The van der Waals surface area contributed by atoms with E-state index in [-0.39, 0.29) is 0 Å². The predicted octanol–water partition coefficient (Wildman–Crippen LogP) is 2.74. The van der Waals surface area contributed by atoms with E-state index in [0.29, 0.717) is 4.44 Å². The van der Waals surface area contributed by atoms with Crippen LogP contribution in [0.25, 0.3) is 0 Å². The van der Waals surface area contributed by atoms with Gasteiger partial charge in [-0.1, -0.05) is 0 Å². The summed E-state index contributed by atoms with van der Waals surface area (Å²) >= 11 is -3.80. The number of hydrogen-bond donors (Lipinski definition) is 0. The molecule has 82 valence electrons. The predicted molar refractivity (Wildman–Crippen MR) is 69.5 cm³/mol.